The predicted octanol–water partition coefficient (Wildman–Crippen LogP) is 2.10. The molecule has 0 aliphatic rings. The largest absolute Gasteiger partial charge is 0.478 e. The van der Waals surface area contributed by atoms with Gasteiger partial charge in [-0.2, -0.15) is 11.3 Å². The van der Waals surface area contributed by atoms with E-state index in [-0.39, 0.29) is 12.0 Å². The van der Waals surface area contributed by atoms with Crippen molar-refractivity contribution in [3.05, 3.63) is 21.9 Å². The quantitative estimate of drug-likeness (QED) is 0.783. The summed E-state index contributed by atoms with van der Waals surface area (Å²) in [6, 6.07) is -0.183. The normalized spacial score (nSPS) is 13.2. The monoisotopic (exact) mass is 199 g/mol. The van der Waals surface area contributed by atoms with Crippen LogP contribution in [-0.2, 0) is 0 Å². The van der Waals surface area contributed by atoms with E-state index in [0.29, 0.717) is 5.56 Å². The number of hydrogen-bond donors (Lipinski definition) is 2. The Kier molecular flexibility index (Phi) is 3.06. The van der Waals surface area contributed by atoms with Gasteiger partial charge in [0.25, 0.3) is 0 Å². The van der Waals surface area contributed by atoms with Crippen molar-refractivity contribution in [1.82, 2.24) is 0 Å². The van der Waals surface area contributed by atoms with Gasteiger partial charge in [-0.05, 0) is 16.9 Å². The first kappa shape index (κ1) is 10.2. The molecule has 1 rings (SSSR count). The summed E-state index contributed by atoms with van der Waals surface area (Å²) >= 11 is 1.38. The van der Waals surface area contributed by atoms with Crippen LogP contribution < -0.4 is 5.73 Å². The van der Waals surface area contributed by atoms with Crippen molar-refractivity contribution < 1.29 is 9.90 Å². The Hall–Kier alpha value is -0.870. The van der Waals surface area contributed by atoms with E-state index in [9.17, 15) is 4.79 Å². The van der Waals surface area contributed by atoms with Gasteiger partial charge in [0.1, 0.15) is 0 Å². The van der Waals surface area contributed by atoms with Gasteiger partial charge >= 0.3 is 5.97 Å². The van der Waals surface area contributed by atoms with Crippen LogP contribution in [-0.4, -0.2) is 11.1 Å². The van der Waals surface area contributed by atoms with E-state index in [4.69, 9.17) is 10.8 Å². The Morgan fingerprint density at radius 1 is 1.54 bits per heavy atom. The molecule has 0 spiro atoms. The Morgan fingerprint density at radius 2 is 2.15 bits per heavy atom. The van der Waals surface area contributed by atoms with Crippen molar-refractivity contribution in [2.24, 2.45) is 11.7 Å². The lowest BCUT2D eigenvalue weighted by atomic mass is 9.96. The molecule has 0 fully saturated rings. The number of rotatable bonds is 3. The minimum atomic E-state index is -0.896. The maximum atomic E-state index is 10.8. The van der Waals surface area contributed by atoms with Gasteiger partial charge in [-0.3, -0.25) is 0 Å². The van der Waals surface area contributed by atoms with Crippen LogP contribution in [0.3, 0.4) is 0 Å². The van der Waals surface area contributed by atoms with Crippen LogP contribution in [0.15, 0.2) is 10.8 Å². The molecule has 0 radical (unpaired) electrons. The fourth-order valence-corrected chi connectivity index (χ4v) is 1.97. The van der Waals surface area contributed by atoms with Crippen LogP contribution in [0.2, 0.25) is 0 Å². The molecular weight excluding hydrogens is 186 g/mol. The molecule has 4 heteroatoms. The molecule has 0 saturated heterocycles. The third kappa shape index (κ3) is 2.08. The van der Waals surface area contributed by atoms with Crippen LogP contribution in [0.5, 0.6) is 0 Å². The third-order valence-electron chi connectivity index (χ3n) is 2.00. The van der Waals surface area contributed by atoms with E-state index in [1.807, 2.05) is 19.2 Å². The highest BCUT2D eigenvalue weighted by Crippen LogP contribution is 2.25. The summed E-state index contributed by atoms with van der Waals surface area (Å²) in [5, 5.41) is 12.3. The van der Waals surface area contributed by atoms with E-state index >= 15 is 0 Å². The van der Waals surface area contributed by atoms with Crippen LogP contribution in [0.4, 0.5) is 0 Å². The molecule has 1 heterocycles. The minimum absolute atomic E-state index is 0.183. The van der Waals surface area contributed by atoms with E-state index in [0.717, 1.165) is 5.56 Å². The number of thiophene rings is 1. The number of carbonyl (C=O) groups is 1. The zero-order chi connectivity index (χ0) is 10.0. The van der Waals surface area contributed by atoms with Gasteiger partial charge in [-0.25, -0.2) is 4.79 Å². The van der Waals surface area contributed by atoms with Gasteiger partial charge < -0.3 is 10.8 Å². The Bertz CT molecular complexity index is 306. The van der Waals surface area contributed by atoms with Gasteiger partial charge in [0.2, 0.25) is 0 Å². The fraction of sp³-hybridized carbons (Fsp3) is 0.444. The summed E-state index contributed by atoms with van der Waals surface area (Å²) in [4.78, 5) is 10.8. The molecule has 1 aromatic heterocycles. The van der Waals surface area contributed by atoms with Crippen LogP contribution >= 0.6 is 11.3 Å². The molecule has 0 bridgehead atoms. The van der Waals surface area contributed by atoms with Gasteiger partial charge in [-0.15, -0.1) is 0 Å². The first-order valence-electron chi connectivity index (χ1n) is 4.09. The SMILES string of the molecule is CC(C)C(N)c1cscc1C(=O)O. The zero-order valence-corrected chi connectivity index (χ0v) is 8.47. The summed E-state index contributed by atoms with van der Waals surface area (Å²) in [6.45, 7) is 3.96. The molecule has 1 unspecified atom stereocenters. The van der Waals surface area contributed by atoms with E-state index in [2.05, 4.69) is 0 Å². The molecule has 3 nitrogen and oxygen atoms in total. The first-order chi connectivity index (χ1) is 6.04. The number of aromatic carboxylic acids is 1. The number of nitrogens with two attached hydrogens (primary N) is 1. The van der Waals surface area contributed by atoms with Gasteiger partial charge in [0.15, 0.2) is 0 Å². The van der Waals surface area contributed by atoms with Gasteiger partial charge in [-0.1, -0.05) is 13.8 Å². The highest BCUT2D eigenvalue weighted by Gasteiger charge is 2.18. The summed E-state index contributed by atoms with van der Waals surface area (Å²) < 4.78 is 0. The molecule has 0 aromatic carbocycles. The highest BCUT2D eigenvalue weighted by molar-refractivity contribution is 7.08. The lowest BCUT2D eigenvalue weighted by Gasteiger charge is -2.14. The van der Waals surface area contributed by atoms with Crippen molar-refractivity contribution in [2.75, 3.05) is 0 Å². The van der Waals surface area contributed by atoms with Crippen LogP contribution in [0, 0.1) is 5.92 Å². The second-order valence-corrected chi connectivity index (χ2v) is 4.06. The van der Waals surface area contributed by atoms with E-state index in [1.165, 1.54) is 11.3 Å². The lowest BCUT2D eigenvalue weighted by molar-refractivity contribution is 0.0695. The average molecular weight is 199 g/mol. The molecule has 0 amide bonds. The maximum Gasteiger partial charge on any atom is 0.336 e. The second-order valence-electron chi connectivity index (χ2n) is 3.32. The highest BCUT2D eigenvalue weighted by atomic mass is 32.1. The van der Waals surface area contributed by atoms with Crippen LogP contribution in [0.1, 0.15) is 35.8 Å². The number of carboxylic acids is 1. The Labute approximate surface area is 81.2 Å². The summed E-state index contributed by atoms with van der Waals surface area (Å²) in [6.07, 6.45) is 0. The van der Waals surface area contributed by atoms with Crippen molar-refractivity contribution in [1.29, 1.82) is 0 Å². The zero-order valence-electron chi connectivity index (χ0n) is 7.65. The second kappa shape index (κ2) is 3.89. The maximum absolute atomic E-state index is 10.8. The molecule has 0 saturated carbocycles. The smallest absolute Gasteiger partial charge is 0.336 e. The van der Waals surface area contributed by atoms with Crippen molar-refractivity contribution in [3.63, 3.8) is 0 Å². The van der Waals surface area contributed by atoms with Gasteiger partial charge in [0.05, 0.1) is 5.56 Å². The minimum Gasteiger partial charge on any atom is -0.478 e. The topological polar surface area (TPSA) is 63.3 Å². The lowest BCUT2D eigenvalue weighted by Crippen LogP contribution is -2.18. The van der Waals surface area contributed by atoms with Crippen molar-refractivity contribution >= 4 is 17.3 Å². The van der Waals surface area contributed by atoms with Crippen LogP contribution in [0.25, 0.3) is 0 Å². The Balaban J connectivity index is 3.00. The molecule has 72 valence electrons. The summed E-state index contributed by atoms with van der Waals surface area (Å²) in [7, 11) is 0. The summed E-state index contributed by atoms with van der Waals surface area (Å²) in [5.74, 6) is -0.639. The number of carboxylic acid groups (broad SMARTS) is 1. The molecule has 0 aliphatic carbocycles. The molecule has 1 aromatic rings. The van der Waals surface area contributed by atoms with E-state index in [1.54, 1.807) is 5.38 Å². The van der Waals surface area contributed by atoms with E-state index < -0.39 is 5.97 Å². The predicted molar refractivity (Wildman–Crippen MR) is 53.0 cm³/mol. The fourth-order valence-electron chi connectivity index (χ4n) is 1.10. The summed E-state index contributed by atoms with van der Waals surface area (Å²) in [5.41, 5.74) is 6.95. The van der Waals surface area contributed by atoms with Gasteiger partial charge in [0, 0.05) is 11.4 Å². The Morgan fingerprint density at radius 3 is 2.62 bits per heavy atom. The third-order valence-corrected chi connectivity index (χ3v) is 2.76. The molecule has 3 N–H and O–H groups in total. The standard InChI is InChI=1S/C9H13NO2S/c1-5(2)8(10)6-3-13-4-7(6)9(11)12/h3-5,8H,10H2,1-2H3,(H,11,12). The van der Waals surface area contributed by atoms with Crippen molar-refractivity contribution in [3.8, 4) is 0 Å². The molecule has 1 atom stereocenters. The molecule has 13 heavy (non-hydrogen) atoms. The number of hydrogen-bond acceptors (Lipinski definition) is 3. The average Bonchev–Trinajstić information content (AvgIpc) is 2.50. The first-order valence-corrected chi connectivity index (χ1v) is 5.03. The van der Waals surface area contributed by atoms with Crippen molar-refractivity contribution in [2.45, 2.75) is 19.9 Å². The molecule has 0 aliphatic heterocycles. The molecular formula is C9H13NO2S.